The van der Waals surface area contributed by atoms with Crippen molar-refractivity contribution in [3.8, 4) is 0 Å². The van der Waals surface area contributed by atoms with Crippen LogP contribution in [0.1, 0.15) is 57.9 Å². The molecule has 0 aromatic heterocycles. The number of ether oxygens (including phenoxy) is 1. The fourth-order valence-electron chi connectivity index (χ4n) is 11.6. The van der Waals surface area contributed by atoms with Crippen molar-refractivity contribution in [2.45, 2.75) is 70.5 Å². The molecule has 11 atom stereocenters. The van der Waals surface area contributed by atoms with E-state index in [0.717, 1.165) is 24.2 Å². The third-order valence-electron chi connectivity index (χ3n) is 12.5. The molecule has 0 amide bonds. The lowest BCUT2D eigenvalue weighted by atomic mass is 9.42. The van der Waals surface area contributed by atoms with Gasteiger partial charge in [0.2, 0.25) is 0 Å². The van der Waals surface area contributed by atoms with Crippen molar-refractivity contribution in [3.63, 3.8) is 0 Å². The molecule has 6 aliphatic rings. The summed E-state index contributed by atoms with van der Waals surface area (Å²) in [7, 11) is 1.70. The number of aliphatic hydroxyl groups excluding tert-OH is 1. The summed E-state index contributed by atoms with van der Waals surface area (Å²) in [6.07, 6.45) is 10.4. The zero-order valence-electron chi connectivity index (χ0n) is 19.8. The van der Waals surface area contributed by atoms with E-state index in [4.69, 9.17) is 4.74 Å². The third kappa shape index (κ3) is 1.90. The van der Waals surface area contributed by atoms with E-state index in [-0.39, 0.29) is 16.7 Å². The lowest BCUT2D eigenvalue weighted by Crippen LogP contribution is -2.60. The first-order chi connectivity index (χ1) is 15.3. The molecule has 5 saturated carbocycles. The monoisotopic (exact) mass is 434 g/mol. The molecule has 1 aromatic carbocycles. The predicted octanol–water partition coefficient (Wildman–Crippen LogP) is 5.54. The van der Waals surface area contributed by atoms with Crippen LogP contribution < -0.4 is 0 Å². The molecule has 3 nitrogen and oxygen atoms in total. The minimum atomic E-state index is -0.976. The van der Waals surface area contributed by atoms with Gasteiger partial charge in [-0.3, -0.25) is 0 Å². The van der Waals surface area contributed by atoms with E-state index in [1.165, 1.54) is 44.1 Å². The minimum Gasteiger partial charge on any atom is -0.512 e. The fourth-order valence-corrected chi connectivity index (χ4v) is 11.6. The van der Waals surface area contributed by atoms with Gasteiger partial charge < -0.3 is 14.9 Å². The zero-order chi connectivity index (χ0) is 22.1. The van der Waals surface area contributed by atoms with Crippen LogP contribution in [-0.4, -0.2) is 29.0 Å². The topological polar surface area (TPSA) is 49.7 Å². The molecular formula is C29H38O3. The van der Waals surface area contributed by atoms with Crippen LogP contribution in [0.3, 0.4) is 0 Å². The highest BCUT2D eigenvalue weighted by Crippen LogP contribution is 2.88. The smallest absolute Gasteiger partial charge is 0.110 e. The van der Waals surface area contributed by atoms with Crippen molar-refractivity contribution in [1.29, 1.82) is 0 Å². The number of fused-ring (bicyclic) bond motifs is 4. The Kier molecular flexibility index (Phi) is 3.78. The van der Waals surface area contributed by atoms with Crippen LogP contribution in [0.15, 0.2) is 42.2 Å². The maximum atomic E-state index is 12.4. The molecular weight excluding hydrogens is 396 g/mol. The van der Waals surface area contributed by atoms with E-state index < -0.39 is 11.7 Å². The number of benzene rings is 1. The average Bonchev–Trinajstić information content (AvgIpc) is 3.39. The van der Waals surface area contributed by atoms with Gasteiger partial charge in [0, 0.05) is 12.5 Å². The van der Waals surface area contributed by atoms with Crippen molar-refractivity contribution < 1.29 is 14.9 Å². The lowest BCUT2D eigenvalue weighted by molar-refractivity contribution is -0.187. The van der Waals surface area contributed by atoms with Crippen molar-refractivity contribution in [3.05, 3.63) is 47.7 Å². The Morgan fingerprint density at radius 2 is 1.84 bits per heavy atom. The second-order valence-corrected chi connectivity index (χ2v) is 12.9. The van der Waals surface area contributed by atoms with Gasteiger partial charge >= 0.3 is 0 Å². The quantitative estimate of drug-likeness (QED) is 0.657. The first-order valence-corrected chi connectivity index (χ1v) is 13.0. The lowest BCUT2D eigenvalue weighted by Gasteiger charge is -2.62. The highest BCUT2D eigenvalue weighted by Gasteiger charge is 2.88. The van der Waals surface area contributed by atoms with E-state index >= 15 is 0 Å². The molecule has 0 aliphatic heterocycles. The number of hydrogen-bond acceptors (Lipinski definition) is 3. The first kappa shape index (κ1) is 20.1. The van der Waals surface area contributed by atoms with Gasteiger partial charge in [-0.05, 0) is 97.0 Å². The largest absolute Gasteiger partial charge is 0.512 e. The number of methoxy groups -OCH3 is 1. The molecule has 32 heavy (non-hydrogen) atoms. The van der Waals surface area contributed by atoms with Crippen LogP contribution in [0.4, 0.5) is 0 Å². The van der Waals surface area contributed by atoms with E-state index in [1.807, 2.05) is 6.08 Å². The normalized spacial score (nSPS) is 56.8. The molecule has 1 spiro atoms. The van der Waals surface area contributed by atoms with Gasteiger partial charge in [-0.25, -0.2) is 0 Å². The van der Waals surface area contributed by atoms with Crippen molar-refractivity contribution >= 4 is 0 Å². The number of aliphatic hydroxyl groups is 2. The highest BCUT2D eigenvalue weighted by molar-refractivity contribution is 5.42. The molecule has 11 unspecified atom stereocenters. The van der Waals surface area contributed by atoms with Gasteiger partial charge in [0.05, 0.1) is 11.7 Å². The molecule has 7 rings (SSSR count). The van der Waals surface area contributed by atoms with Crippen molar-refractivity contribution in [2.24, 2.45) is 51.8 Å². The molecule has 3 heteroatoms. The molecule has 1 aromatic rings. The Labute approximate surface area is 192 Å². The van der Waals surface area contributed by atoms with Crippen LogP contribution >= 0.6 is 0 Å². The fraction of sp³-hybridized carbons (Fsp3) is 0.724. The van der Waals surface area contributed by atoms with Crippen LogP contribution in [0.25, 0.3) is 0 Å². The number of rotatable bonds is 3. The molecule has 0 saturated heterocycles. The standard InChI is InChI=1S/C29H38O3/c1-26-16-21-19-9-10-20-12-18(11-17-7-5-4-6-8-17)14-28(20,15-19)27(26,2)24(21)25-22(30)13-23(32-3)29(25,26)31/h4-8,13,18-21,23-25,30-31H,9-12,14-16H2,1-3H3. The molecule has 6 bridgehead atoms. The molecule has 5 fully saturated rings. The Balaban J connectivity index is 1.35. The molecule has 0 radical (unpaired) electrons. The summed E-state index contributed by atoms with van der Waals surface area (Å²) in [6, 6.07) is 11.0. The second kappa shape index (κ2) is 6.02. The van der Waals surface area contributed by atoms with E-state index in [1.54, 1.807) is 7.11 Å². The summed E-state index contributed by atoms with van der Waals surface area (Å²) < 4.78 is 5.84. The Morgan fingerprint density at radius 3 is 2.59 bits per heavy atom. The van der Waals surface area contributed by atoms with Gasteiger partial charge in [-0.1, -0.05) is 44.2 Å². The SMILES string of the molecule is COC1C=C(O)C2C3C4CC(C)(C12O)C3(C)C12CC(Cc3ccccc3)CC1CCC4C2. The third-order valence-corrected chi connectivity index (χ3v) is 12.5. The van der Waals surface area contributed by atoms with E-state index in [2.05, 4.69) is 44.2 Å². The van der Waals surface area contributed by atoms with Gasteiger partial charge in [0.25, 0.3) is 0 Å². The summed E-state index contributed by atoms with van der Waals surface area (Å²) in [4.78, 5) is 0. The van der Waals surface area contributed by atoms with E-state index in [0.29, 0.717) is 23.0 Å². The number of hydrogen-bond donors (Lipinski definition) is 2. The molecule has 0 heterocycles. The predicted molar refractivity (Wildman–Crippen MR) is 124 cm³/mol. The first-order valence-electron chi connectivity index (χ1n) is 13.0. The van der Waals surface area contributed by atoms with Crippen molar-refractivity contribution in [2.75, 3.05) is 7.11 Å². The van der Waals surface area contributed by atoms with Crippen LogP contribution in [-0.2, 0) is 11.2 Å². The van der Waals surface area contributed by atoms with Crippen LogP contribution in [0.2, 0.25) is 0 Å². The Morgan fingerprint density at radius 1 is 1.06 bits per heavy atom. The summed E-state index contributed by atoms with van der Waals surface area (Å²) in [5.41, 5.74) is 0.617. The summed E-state index contributed by atoms with van der Waals surface area (Å²) in [5, 5.41) is 23.6. The average molecular weight is 435 g/mol. The Hall–Kier alpha value is -1.32. The molecule has 6 aliphatic carbocycles. The van der Waals surface area contributed by atoms with Gasteiger partial charge in [0.1, 0.15) is 11.7 Å². The second-order valence-electron chi connectivity index (χ2n) is 12.9. The van der Waals surface area contributed by atoms with Gasteiger partial charge in [-0.2, -0.15) is 0 Å². The summed E-state index contributed by atoms with van der Waals surface area (Å²) in [6.45, 7) is 4.93. The summed E-state index contributed by atoms with van der Waals surface area (Å²) >= 11 is 0. The van der Waals surface area contributed by atoms with Crippen LogP contribution in [0.5, 0.6) is 0 Å². The van der Waals surface area contributed by atoms with Gasteiger partial charge in [-0.15, -0.1) is 0 Å². The Bertz CT molecular complexity index is 987. The molecule has 172 valence electrons. The zero-order valence-corrected chi connectivity index (χ0v) is 19.8. The minimum absolute atomic E-state index is 0.0517. The van der Waals surface area contributed by atoms with Gasteiger partial charge in [0.15, 0.2) is 0 Å². The van der Waals surface area contributed by atoms with E-state index in [9.17, 15) is 10.2 Å². The van der Waals surface area contributed by atoms with Crippen LogP contribution in [0, 0.1) is 51.8 Å². The highest BCUT2D eigenvalue weighted by atomic mass is 16.5. The maximum Gasteiger partial charge on any atom is 0.110 e. The summed E-state index contributed by atoms with van der Waals surface area (Å²) in [5.74, 6) is 3.54. The molecule has 2 N–H and O–H groups in total. The van der Waals surface area contributed by atoms with Crippen molar-refractivity contribution in [1.82, 2.24) is 0 Å². The maximum absolute atomic E-state index is 12.4.